The number of aliphatic hydroxyl groups excluding tert-OH is 1. The molecule has 1 rings (SSSR count). The molecule has 0 aliphatic carbocycles. The Hall–Kier alpha value is -1.03. The predicted molar refractivity (Wildman–Crippen MR) is 42.2 cm³/mol. The summed E-state index contributed by atoms with van der Waals surface area (Å²) in [7, 11) is 0. The first-order valence-electron chi connectivity index (χ1n) is 3.79. The van der Waals surface area contributed by atoms with Crippen molar-refractivity contribution in [3.05, 3.63) is 35.6 Å². The molecule has 1 N–H and O–H groups in total. The highest BCUT2D eigenvalue weighted by atomic mass is 19.3. The molecule has 72 valence electrons. The second kappa shape index (κ2) is 4.28. The van der Waals surface area contributed by atoms with Gasteiger partial charge in [-0.15, -0.1) is 0 Å². The van der Waals surface area contributed by atoms with Crippen LogP contribution in [0, 0.1) is 5.82 Å². The van der Waals surface area contributed by atoms with Gasteiger partial charge in [0.05, 0.1) is 12.5 Å². The van der Waals surface area contributed by atoms with Crippen LogP contribution in [-0.4, -0.2) is 18.1 Å². The van der Waals surface area contributed by atoms with Crippen LogP contribution >= 0.6 is 0 Å². The molecule has 0 bridgehead atoms. The average Bonchev–Trinajstić information content (AvgIpc) is 2.09. The quantitative estimate of drug-likeness (QED) is 0.774. The second-order valence-corrected chi connectivity index (χ2v) is 2.68. The van der Waals surface area contributed by atoms with Gasteiger partial charge in [0.2, 0.25) is 6.43 Å². The zero-order chi connectivity index (χ0) is 9.84. The largest absolute Gasteiger partial charge is 0.396 e. The Kier molecular flexibility index (Phi) is 3.31. The van der Waals surface area contributed by atoms with Crippen molar-refractivity contribution < 1.29 is 18.3 Å². The number of benzene rings is 1. The zero-order valence-electron chi connectivity index (χ0n) is 6.75. The van der Waals surface area contributed by atoms with Crippen molar-refractivity contribution in [1.29, 1.82) is 0 Å². The fourth-order valence-electron chi connectivity index (χ4n) is 1.04. The number of aliphatic hydroxyl groups is 1. The van der Waals surface area contributed by atoms with Crippen molar-refractivity contribution in [2.75, 3.05) is 6.61 Å². The van der Waals surface area contributed by atoms with E-state index in [2.05, 4.69) is 0 Å². The minimum atomic E-state index is -2.63. The third kappa shape index (κ3) is 2.45. The first-order chi connectivity index (χ1) is 6.15. The highest BCUT2D eigenvalue weighted by molar-refractivity contribution is 5.21. The predicted octanol–water partition coefficient (Wildman–Crippen LogP) is 2.17. The SMILES string of the molecule is OCC(c1ccc(F)cc1)C(F)F. The first kappa shape index (κ1) is 10.1. The number of hydrogen-bond donors (Lipinski definition) is 1. The summed E-state index contributed by atoms with van der Waals surface area (Å²) in [5.74, 6) is -1.70. The second-order valence-electron chi connectivity index (χ2n) is 2.68. The maximum atomic E-state index is 12.4. The van der Waals surface area contributed by atoms with E-state index in [0.29, 0.717) is 0 Å². The van der Waals surface area contributed by atoms with Gasteiger partial charge in [-0.25, -0.2) is 13.2 Å². The third-order valence-electron chi connectivity index (χ3n) is 1.80. The molecule has 0 aliphatic heterocycles. The molecule has 13 heavy (non-hydrogen) atoms. The van der Waals surface area contributed by atoms with Crippen LogP contribution in [0.25, 0.3) is 0 Å². The highest BCUT2D eigenvalue weighted by Gasteiger charge is 2.20. The van der Waals surface area contributed by atoms with E-state index < -0.39 is 24.8 Å². The van der Waals surface area contributed by atoms with Gasteiger partial charge in [0.1, 0.15) is 5.82 Å². The van der Waals surface area contributed by atoms with Gasteiger partial charge in [0.25, 0.3) is 0 Å². The molecule has 0 saturated heterocycles. The van der Waals surface area contributed by atoms with E-state index in [-0.39, 0.29) is 5.56 Å². The summed E-state index contributed by atoms with van der Waals surface area (Å²) < 4.78 is 36.9. The lowest BCUT2D eigenvalue weighted by atomic mass is 10.0. The van der Waals surface area contributed by atoms with Crippen LogP contribution in [0.2, 0.25) is 0 Å². The monoisotopic (exact) mass is 190 g/mol. The smallest absolute Gasteiger partial charge is 0.247 e. The Morgan fingerprint density at radius 3 is 2.08 bits per heavy atom. The van der Waals surface area contributed by atoms with Gasteiger partial charge < -0.3 is 5.11 Å². The van der Waals surface area contributed by atoms with Crippen LogP contribution in [0.4, 0.5) is 13.2 Å². The van der Waals surface area contributed by atoms with E-state index in [9.17, 15) is 13.2 Å². The molecule has 4 heteroatoms. The Balaban J connectivity index is 2.86. The van der Waals surface area contributed by atoms with Crippen molar-refractivity contribution in [3.8, 4) is 0 Å². The maximum Gasteiger partial charge on any atom is 0.247 e. The van der Waals surface area contributed by atoms with E-state index in [1.165, 1.54) is 12.1 Å². The molecule has 0 heterocycles. The van der Waals surface area contributed by atoms with Gasteiger partial charge >= 0.3 is 0 Å². The molecule has 0 saturated carbocycles. The number of alkyl halides is 2. The summed E-state index contributed by atoms with van der Waals surface area (Å²) in [5.41, 5.74) is 0.249. The summed E-state index contributed by atoms with van der Waals surface area (Å²) in [6.07, 6.45) is -2.63. The van der Waals surface area contributed by atoms with E-state index in [0.717, 1.165) is 12.1 Å². The molecule has 0 fully saturated rings. The minimum absolute atomic E-state index is 0.249. The molecule has 0 amide bonds. The van der Waals surface area contributed by atoms with E-state index in [4.69, 9.17) is 5.11 Å². The van der Waals surface area contributed by atoms with E-state index in [1.807, 2.05) is 0 Å². The summed E-state index contributed by atoms with van der Waals surface area (Å²) in [4.78, 5) is 0. The Morgan fingerprint density at radius 1 is 1.15 bits per heavy atom. The van der Waals surface area contributed by atoms with E-state index >= 15 is 0 Å². The molecule has 0 aliphatic rings. The third-order valence-corrected chi connectivity index (χ3v) is 1.80. The van der Waals surface area contributed by atoms with Gasteiger partial charge in [-0.2, -0.15) is 0 Å². The lowest BCUT2D eigenvalue weighted by molar-refractivity contribution is 0.0810. The molecule has 0 aromatic heterocycles. The first-order valence-corrected chi connectivity index (χ1v) is 3.79. The van der Waals surface area contributed by atoms with Gasteiger partial charge in [-0.1, -0.05) is 12.1 Å². The Labute approximate surface area is 73.8 Å². The molecule has 1 unspecified atom stereocenters. The van der Waals surface area contributed by atoms with Gasteiger partial charge in [-0.05, 0) is 17.7 Å². The fraction of sp³-hybridized carbons (Fsp3) is 0.333. The standard InChI is InChI=1S/C9H9F3O/c10-7-3-1-6(2-4-7)8(5-13)9(11)12/h1-4,8-9,13H,5H2. The van der Waals surface area contributed by atoms with Crippen LogP contribution in [0.5, 0.6) is 0 Å². The lowest BCUT2D eigenvalue weighted by Gasteiger charge is -2.12. The molecule has 1 aromatic rings. The van der Waals surface area contributed by atoms with Crippen molar-refractivity contribution in [2.24, 2.45) is 0 Å². The van der Waals surface area contributed by atoms with Crippen LogP contribution in [0.3, 0.4) is 0 Å². The van der Waals surface area contributed by atoms with Crippen molar-refractivity contribution in [1.82, 2.24) is 0 Å². The van der Waals surface area contributed by atoms with Gasteiger partial charge in [0.15, 0.2) is 0 Å². The highest BCUT2D eigenvalue weighted by Crippen LogP contribution is 2.22. The van der Waals surface area contributed by atoms with Crippen LogP contribution in [0.15, 0.2) is 24.3 Å². The molecule has 1 aromatic carbocycles. The number of rotatable bonds is 3. The summed E-state index contributed by atoms with van der Waals surface area (Å²) in [6, 6.07) is 4.70. The maximum absolute atomic E-state index is 12.4. The number of halogens is 3. The summed E-state index contributed by atoms with van der Waals surface area (Å²) in [6.45, 7) is -0.636. The van der Waals surface area contributed by atoms with Gasteiger partial charge in [0, 0.05) is 0 Å². The zero-order valence-corrected chi connectivity index (χ0v) is 6.75. The van der Waals surface area contributed by atoms with Crippen molar-refractivity contribution >= 4 is 0 Å². The molecule has 0 spiro atoms. The normalized spacial score (nSPS) is 13.3. The molecular weight excluding hydrogens is 181 g/mol. The minimum Gasteiger partial charge on any atom is -0.396 e. The van der Waals surface area contributed by atoms with Crippen molar-refractivity contribution in [2.45, 2.75) is 12.3 Å². The molecule has 0 radical (unpaired) electrons. The fourth-order valence-corrected chi connectivity index (χ4v) is 1.04. The summed E-state index contributed by atoms with van der Waals surface area (Å²) in [5, 5.41) is 8.65. The molecule has 1 nitrogen and oxygen atoms in total. The van der Waals surface area contributed by atoms with E-state index in [1.54, 1.807) is 0 Å². The van der Waals surface area contributed by atoms with Crippen LogP contribution in [0.1, 0.15) is 11.5 Å². The van der Waals surface area contributed by atoms with Crippen molar-refractivity contribution in [3.63, 3.8) is 0 Å². The molecule has 1 atom stereocenters. The van der Waals surface area contributed by atoms with Crippen LogP contribution in [-0.2, 0) is 0 Å². The Morgan fingerprint density at radius 2 is 1.69 bits per heavy atom. The topological polar surface area (TPSA) is 20.2 Å². The lowest BCUT2D eigenvalue weighted by Crippen LogP contribution is -2.13. The number of hydrogen-bond acceptors (Lipinski definition) is 1. The van der Waals surface area contributed by atoms with Gasteiger partial charge in [-0.3, -0.25) is 0 Å². The average molecular weight is 190 g/mol. The van der Waals surface area contributed by atoms with Crippen LogP contribution < -0.4 is 0 Å². The summed E-state index contributed by atoms with van der Waals surface area (Å²) >= 11 is 0. The Bertz CT molecular complexity index is 258. The molecular formula is C9H9F3O.